The minimum absolute atomic E-state index is 0.0701. The molecule has 1 aromatic heterocycles. The summed E-state index contributed by atoms with van der Waals surface area (Å²) in [5.41, 5.74) is 1.44. The molecule has 1 aliphatic rings. The molecule has 0 unspecified atom stereocenters. The average molecular weight is 262 g/mol. The van der Waals surface area contributed by atoms with Crippen molar-refractivity contribution in [3.8, 4) is 5.69 Å². The molecule has 5 nitrogen and oxygen atoms in total. The molecule has 6 heteroatoms. The summed E-state index contributed by atoms with van der Waals surface area (Å²) in [5, 5.41) is 6.67. The van der Waals surface area contributed by atoms with Gasteiger partial charge in [-0.15, -0.1) is 0 Å². The van der Waals surface area contributed by atoms with Gasteiger partial charge < -0.3 is 0 Å². The van der Waals surface area contributed by atoms with Crippen molar-refractivity contribution in [2.75, 3.05) is 0 Å². The van der Waals surface area contributed by atoms with Crippen LogP contribution in [-0.4, -0.2) is 21.6 Å². The van der Waals surface area contributed by atoms with Crippen molar-refractivity contribution >= 4 is 23.4 Å². The number of rotatable bonds is 1. The Morgan fingerprint density at radius 3 is 2.67 bits per heavy atom. The second-order valence-electron chi connectivity index (χ2n) is 3.91. The van der Waals surface area contributed by atoms with Gasteiger partial charge in [0.15, 0.2) is 0 Å². The van der Waals surface area contributed by atoms with Crippen molar-refractivity contribution in [2.45, 2.75) is 6.42 Å². The number of amides is 2. The number of benzene rings is 1. The van der Waals surface area contributed by atoms with Gasteiger partial charge in [-0.05, 0) is 12.1 Å². The first-order chi connectivity index (χ1) is 8.66. The third-order valence-electron chi connectivity index (χ3n) is 2.71. The molecule has 3 rings (SSSR count). The summed E-state index contributed by atoms with van der Waals surface area (Å²) in [6, 6.07) is 9.21. The Morgan fingerprint density at radius 1 is 1.22 bits per heavy atom. The zero-order valence-corrected chi connectivity index (χ0v) is 9.94. The van der Waals surface area contributed by atoms with E-state index in [1.54, 1.807) is 0 Å². The van der Waals surface area contributed by atoms with Gasteiger partial charge in [0.05, 0.1) is 17.8 Å². The fourth-order valence-corrected chi connectivity index (χ4v) is 2.24. The lowest BCUT2D eigenvalue weighted by Gasteiger charge is -2.08. The van der Waals surface area contributed by atoms with E-state index in [-0.39, 0.29) is 23.0 Å². The first kappa shape index (κ1) is 11.0. The molecule has 1 N–H and O–H groups in total. The summed E-state index contributed by atoms with van der Waals surface area (Å²) in [6.45, 7) is 0. The summed E-state index contributed by atoms with van der Waals surface area (Å²) < 4.78 is 1.46. The lowest BCUT2D eigenvalue weighted by atomic mass is 10.1. The number of hydrogen-bond donors (Lipinski definition) is 1. The molecule has 0 saturated heterocycles. The van der Waals surface area contributed by atoms with Crippen LogP contribution in [0.25, 0.3) is 5.69 Å². The fourth-order valence-electron chi connectivity index (χ4n) is 1.91. The number of carbonyl (C=O) groups excluding carboxylic acids is 2. The summed E-state index contributed by atoms with van der Waals surface area (Å²) in [6.07, 6.45) is 0.0701. The van der Waals surface area contributed by atoms with Crippen molar-refractivity contribution in [3.05, 3.63) is 46.7 Å². The number of carbonyl (C=O) groups is 2. The van der Waals surface area contributed by atoms with Crippen molar-refractivity contribution in [1.29, 1.82) is 0 Å². The lowest BCUT2D eigenvalue weighted by molar-refractivity contribution is -0.119. The summed E-state index contributed by atoms with van der Waals surface area (Å²) in [7, 11) is 0. The van der Waals surface area contributed by atoms with Crippen LogP contribution in [0, 0.1) is 0 Å². The Balaban J connectivity index is 2.18. The lowest BCUT2D eigenvalue weighted by Crippen LogP contribution is -2.36. The van der Waals surface area contributed by atoms with Gasteiger partial charge in [0.25, 0.3) is 5.91 Å². The third kappa shape index (κ3) is 1.60. The molecular weight excluding hydrogens is 254 g/mol. The van der Waals surface area contributed by atoms with Crippen molar-refractivity contribution in [3.63, 3.8) is 0 Å². The largest absolute Gasteiger partial charge is 0.292 e. The molecule has 2 heterocycles. The van der Waals surface area contributed by atoms with E-state index in [4.69, 9.17) is 11.6 Å². The number of para-hydroxylation sites is 1. The Morgan fingerprint density at radius 2 is 1.94 bits per heavy atom. The number of imide groups is 1. The number of fused-ring (bicyclic) bond motifs is 1. The van der Waals surface area contributed by atoms with Gasteiger partial charge in [0.2, 0.25) is 5.91 Å². The van der Waals surface area contributed by atoms with Crippen LogP contribution in [0.1, 0.15) is 16.1 Å². The third-order valence-corrected chi connectivity index (χ3v) is 3.06. The van der Waals surface area contributed by atoms with E-state index in [2.05, 4.69) is 10.4 Å². The quantitative estimate of drug-likeness (QED) is 0.788. The van der Waals surface area contributed by atoms with Crippen molar-refractivity contribution in [2.24, 2.45) is 0 Å². The van der Waals surface area contributed by atoms with Gasteiger partial charge in [0, 0.05) is 0 Å². The normalized spacial score (nSPS) is 14.3. The molecule has 18 heavy (non-hydrogen) atoms. The van der Waals surface area contributed by atoms with E-state index in [9.17, 15) is 9.59 Å². The number of nitrogens with zero attached hydrogens (tertiary/aromatic N) is 2. The molecule has 0 radical (unpaired) electrons. The minimum atomic E-state index is -0.492. The van der Waals surface area contributed by atoms with Crippen LogP contribution in [0.4, 0.5) is 0 Å². The maximum absolute atomic E-state index is 11.7. The van der Waals surface area contributed by atoms with Gasteiger partial charge in [-0.25, -0.2) is 4.68 Å². The molecule has 0 atom stereocenters. The van der Waals surface area contributed by atoms with E-state index in [1.807, 2.05) is 30.3 Å². The Kier molecular flexibility index (Phi) is 2.41. The monoisotopic (exact) mass is 261 g/mol. The van der Waals surface area contributed by atoms with Gasteiger partial charge in [-0.1, -0.05) is 29.8 Å². The summed E-state index contributed by atoms with van der Waals surface area (Å²) in [4.78, 5) is 23.0. The predicted octanol–water partition coefficient (Wildman–Crippen LogP) is 1.34. The molecule has 0 bridgehead atoms. The van der Waals surface area contributed by atoms with Gasteiger partial charge in [-0.2, -0.15) is 5.10 Å². The minimum Gasteiger partial charge on any atom is -0.292 e. The molecule has 0 saturated carbocycles. The first-order valence-electron chi connectivity index (χ1n) is 5.34. The molecule has 1 aliphatic heterocycles. The second kappa shape index (κ2) is 3.96. The Labute approximate surface area is 107 Å². The summed E-state index contributed by atoms with van der Waals surface area (Å²) >= 11 is 6.15. The maximum Gasteiger partial charge on any atom is 0.262 e. The molecule has 0 fully saturated rings. The molecule has 90 valence electrons. The highest BCUT2D eigenvalue weighted by Gasteiger charge is 2.30. The van der Waals surface area contributed by atoms with Crippen LogP contribution < -0.4 is 5.32 Å². The predicted molar refractivity (Wildman–Crippen MR) is 64.8 cm³/mol. The maximum atomic E-state index is 11.7. The van der Waals surface area contributed by atoms with Gasteiger partial charge in [-0.3, -0.25) is 14.9 Å². The van der Waals surface area contributed by atoms with E-state index in [0.717, 1.165) is 5.69 Å². The Bertz CT molecular complexity index is 649. The van der Waals surface area contributed by atoms with Crippen LogP contribution in [0.3, 0.4) is 0 Å². The van der Waals surface area contributed by atoms with E-state index in [1.165, 1.54) is 4.68 Å². The van der Waals surface area contributed by atoms with E-state index >= 15 is 0 Å². The standard InChI is InChI=1S/C12H8ClN3O2/c13-11-10-8(6-9(17)14-12(10)18)15-16(11)7-4-2-1-3-5-7/h1-5H,6H2,(H,14,17,18). The van der Waals surface area contributed by atoms with E-state index in [0.29, 0.717) is 5.69 Å². The van der Waals surface area contributed by atoms with Crippen LogP contribution >= 0.6 is 11.6 Å². The number of halogens is 1. The van der Waals surface area contributed by atoms with E-state index < -0.39 is 5.91 Å². The molecule has 1 aromatic carbocycles. The topological polar surface area (TPSA) is 64.0 Å². The Hall–Kier alpha value is -2.14. The van der Waals surface area contributed by atoms with Gasteiger partial charge in [0.1, 0.15) is 10.7 Å². The smallest absolute Gasteiger partial charge is 0.262 e. The average Bonchev–Trinajstić information content (AvgIpc) is 2.67. The number of nitrogens with one attached hydrogen (secondary N) is 1. The SMILES string of the molecule is O=C1Cc2nn(-c3ccccc3)c(Cl)c2C(=O)N1. The second-order valence-corrected chi connectivity index (χ2v) is 4.27. The molecule has 2 amide bonds. The number of hydrogen-bond acceptors (Lipinski definition) is 3. The van der Waals surface area contributed by atoms with Gasteiger partial charge >= 0.3 is 0 Å². The van der Waals surface area contributed by atoms with Crippen LogP contribution in [0.2, 0.25) is 5.15 Å². The first-order valence-corrected chi connectivity index (χ1v) is 5.71. The summed E-state index contributed by atoms with van der Waals surface area (Å²) in [5.74, 6) is -0.852. The molecule has 0 aliphatic carbocycles. The van der Waals surface area contributed by atoms with Crippen LogP contribution in [-0.2, 0) is 11.2 Å². The molecular formula is C12H8ClN3O2. The zero-order chi connectivity index (χ0) is 12.7. The fraction of sp³-hybridized carbons (Fsp3) is 0.0833. The number of aromatic nitrogens is 2. The van der Waals surface area contributed by atoms with Crippen molar-refractivity contribution < 1.29 is 9.59 Å². The highest BCUT2D eigenvalue weighted by atomic mass is 35.5. The van der Waals surface area contributed by atoms with Crippen molar-refractivity contribution in [1.82, 2.24) is 15.1 Å². The molecule has 0 spiro atoms. The van der Waals surface area contributed by atoms with Crippen LogP contribution in [0.5, 0.6) is 0 Å². The highest BCUT2D eigenvalue weighted by Crippen LogP contribution is 2.25. The molecule has 2 aromatic rings. The highest BCUT2D eigenvalue weighted by molar-refractivity contribution is 6.34. The zero-order valence-electron chi connectivity index (χ0n) is 9.18. The van der Waals surface area contributed by atoms with Crippen LogP contribution in [0.15, 0.2) is 30.3 Å².